The molecule has 0 aromatic heterocycles. The zero-order valence-electron chi connectivity index (χ0n) is 14.0. The molecule has 1 unspecified atom stereocenters. The van der Waals surface area contributed by atoms with Crippen LogP contribution < -0.4 is 10.6 Å². The first-order chi connectivity index (χ1) is 10.7. The van der Waals surface area contributed by atoms with Crippen molar-refractivity contribution in [3.8, 4) is 0 Å². The van der Waals surface area contributed by atoms with Crippen molar-refractivity contribution < 1.29 is 19.5 Å². The number of hydrogen-bond donors (Lipinski definition) is 3. The van der Waals surface area contributed by atoms with Crippen LogP contribution in [0.5, 0.6) is 0 Å². The van der Waals surface area contributed by atoms with E-state index in [1.165, 1.54) is 0 Å². The highest BCUT2D eigenvalue weighted by atomic mass is 16.4. The van der Waals surface area contributed by atoms with Crippen LogP contribution in [0.4, 0.5) is 5.69 Å². The molecule has 0 saturated heterocycles. The molecule has 1 aromatic rings. The summed E-state index contributed by atoms with van der Waals surface area (Å²) >= 11 is 0. The van der Waals surface area contributed by atoms with Gasteiger partial charge in [0.15, 0.2) is 0 Å². The number of carbonyl (C=O) groups excluding carboxylic acids is 2. The number of amides is 2. The van der Waals surface area contributed by atoms with Crippen molar-refractivity contribution in [1.82, 2.24) is 5.32 Å². The lowest BCUT2D eigenvalue weighted by Gasteiger charge is -2.17. The molecule has 3 N–H and O–H groups in total. The zero-order chi connectivity index (χ0) is 17.6. The molecule has 6 heteroatoms. The van der Waals surface area contributed by atoms with Crippen molar-refractivity contribution in [3.05, 3.63) is 29.3 Å². The van der Waals surface area contributed by atoms with E-state index in [0.29, 0.717) is 5.69 Å². The van der Waals surface area contributed by atoms with Crippen LogP contribution in [0.25, 0.3) is 0 Å². The Morgan fingerprint density at radius 3 is 2.22 bits per heavy atom. The van der Waals surface area contributed by atoms with Gasteiger partial charge in [-0.1, -0.05) is 31.5 Å². The number of carbonyl (C=O) groups is 3. The van der Waals surface area contributed by atoms with Crippen LogP contribution in [-0.2, 0) is 14.4 Å². The lowest BCUT2D eigenvalue weighted by molar-refractivity contribution is -0.143. The molecule has 0 saturated carbocycles. The monoisotopic (exact) mass is 320 g/mol. The van der Waals surface area contributed by atoms with Gasteiger partial charge < -0.3 is 15.7 Å². The minimum atomic E-state index is -1.08. The molecule has 0 fully saturated rings. The molecule has 126 valence electrons. The fourth-order valence-electron chi connectivity index (χ4n) is 2.15. The molecule has 0 spiro atoms. The lowest BCUT2D eigenvalue weighted by Crippen LogP contribution is -2.44. The summed E-state index contributed by atoms with van der Waals surface area (Å²) in [6.45, 7) is 7.30. The summed E-state index contributed by atoms with van der Waals surface area (Å²) in [7, 11) is 0. The maximum atomic E-state index is 11.9. The van der Waals surface area contributed by atoms with Gasteiger partial charge in [-0.3, -0.25) is 9.59 Å². The van der Waals surface area contributed by atoms with Crippen molar-refractivity contribution >= 4 is 23.5 Å². The number of aryl methyl sites for hydroxylation is 2. The highest BCUT2D eigenvalue weighted by Gasteiger charge is 2.23. The van der Waals surface area contributed by atoms with Gasteiger partial charge in [0.1, 0.15) is 6.04 Å². The van der Waals surface area contributed by atoms with Crippen molar-refractivity contribution in [3.63, 3.8) is 0 Å². The largest absolute Gasteiger partial charge is 0.480 e. The fraction of sp³-hybridized carbons (Fsp3) is 0.471. The number of rotatable bonds is 7. The summed E-state index contributed by atoms with van der Waals surface area (Å²) in [6.07, 6.45) is -0.0448. The fourth-order valence-corrected chi connectivity index (χ4v) is 2.15. The summed E-state index contributed by atoms with van der Waals surface area (Å²) in [5.74, 6) is -2.01. The highest BCUT2D eigenvalue weighted by Crippen LogP contribution is 2.16. The highest BCUT2D eigenvalue weighted by molar-refractivity contribution is 5.94. The maximum absolute atomic E-state index is 11.9. The number of benzene rings is 1. The Hall–Kier alpha value is -2.37. The molecular formula is C17H24N2O4. The molecular weight excluding hydrogens is 296 g/mol. The Bertz CT molecular complexity index is 596. The number of nitrogens with one attached hydrogen (secondary N) is 2. The third-order valence-corrected chi connectivity index (χ3v) is 3.48. The van der Waals surface area contributed by atoms with Crippen LogP contribution in [0, 0.1) is 19.8 Å². The molecule has 1 aromatic carbocycles. The van der Waals surface area contributed by atoms with Gasteiger partial charge in [0, 0.05) is 18.5 Å². The quantitative estimate of drug-likeness (QED) is 0.718. The van der Waals surface area contributed by atoms with E-state index >= 15 is 0 Å². The molecule has 1 rings (SSSR count). The first-order valence-electron chi connectivity index (χ1n) is 7.60. The van der Waals surface area contributed by atoms with Crippen molar-refractivity contribution in [2.45, 2.75) is 46.6 Å². The Balaban J connectivity index is 2.49. The number of carboxylic acids is 1. The second-order valence-corrected chi connectivity index (χ2v) is 5.99. The summed E-state index contributed by atoms with van der Waals surface area (Å²) in [6, 6.07) is 4.74. The molecule has 0 bridgehead atoms. The minimum absolute atomic E-state index is 0.00356. The van der Waals surface area contributed by atoms with Crippen molar-refractivity contribution in [2.75, 3.05) is 5.32 Å². The molecule has 0 aliphatic heterocycles. The number of carboxylic acid groups (broad SMARTS) is 1. The summed E-state index contributed by atoms with van der Waals surface area (Å²) < 4.78 is 0. The smallest absolute Gasteiger partial charge is 0.326 e. The first kappa shape index (κ1) is 18.7. The normalized spacial score (nSPS) is 11.9. The molecule has 1 atom stereocenters. The van der Waals surface area contributed by atoms with Gasteiger partial charge in [-0.05, 0) is 31.4 Å². The summed E-state index contributed by atoms with van der Waals surface area (Å²) in [4.78, 5) is 34.7. The lowest BCUT2D eigenvalue weighted by atomic mass is 10.0. The average Bonchev–Trinajstić information content (AvgIpc) is 2.45. The summed E-state index contributed by atoms with van der Waals surface area (Å²) in [5, 5.41) is 14.2. The van der Waals surface area contributed by atoms with Crippen molar-refractivity contribution in [1.29, 1.82) is 0 Å². The number of aliphatic carboxylic acids is 1. The molecule has 0 aliphatic rings. The predicted molar refractivity (Wildman–Crippen MR) is 88.2 cm³/mol. The van der Waals surface area contributed by atoms with E-state index in [-0.39, 0.29) is 24.7 Å². The standard InChI is InChI=1S/C17H24N2O4/c1-10(2)16(17(22)23)19-15(21)8-7-14(20)18-13-6-5-11(3)9-12(13)4/h5-6,9-10,16H,7-8H2,1-4H3,(H,18,20)(H,19,21)(H,22,23). The van der Waals surface area contributed by atoms with E-state index in [2.05, 4.69) is 10.6 Å². The molecule has 0 heterocycles. The van der Waals surface area contributed by atoms with Gasteiger partial charge in [-0.15, -0.1) is 0 Å². The maximum Gasteiger partial charge on any atom is 0.326 e. The van der Waals surface area contributed by atoms with Crippen LogP contribution in [0.15, 0.2) is 18.2 Å². The Morgan fingerprint density at radius 1 is 1.09 bits per heavy atom. The predicted octanol–water partition coefficient (Wildman–Crippen LogP) is 2.25. The molecule has 2 amide bonds. The van der Waals surface area contributed by atoms with E-state index in [0.717, 1.165) is 11.1 Å². The zero-order valence-corrected chi connectivity index (χ0v) is 14.0. The van der Waals surface area contributed by atoms with E-state index in [1.54, 1.807) is 13.8 Å². The van der Waals surface area contributed by atoms with Gasteiger partial charge in [0.25, 0.3) is 0 Å². The third-order valence-electron chi connectivity index (χ3n) is 3.48. The minimum Gasteiger partial charge on any atom is -0.480 e. The van der Waals surface area contributed by atoms with E-state index in [4.69, 9.17) is 5.11 Å². The van der Waals surface area contributed by atoms with Crippen LogP contribution in [0.2, 0.25) is 0 Å². The van der Waals surface area contributed by atoms with Gasteiger partial charge in [-0.25, -0.2) is 4.79 Å². The Labute approximate surface area is 136 Å². The van der Waals surface area contributed by atoms with Crippen LogP contribution in [0.1, 0.15) is 37.8 Å². The third kappa shape index (κ3) is 6.10. The average molecular weight is 320 g/mol. The Morgan fingerprint density at radius 2 is 1.70 bits per heavy atom. The van der Waals surface area contributed by atoms with Gasteiger partial charge in [0.2, 0.25) is 11.8 Å². The molecule has 0 aliphatic carbocycles. The van der Waals surface area contributed by atoms with Gasteiger partial charge >= 0.3 is 5.97 Å². The van der Waals surface area contributed by atoms with E-state index in [9.17, 15) is 14.4 Å². The second kappa shape index (κ2) is 8.31. The van der Waals surface area contributed by atoms with Gasteiger partial charge in [0.05, 0.1) is 0 Å². The molecule has 0 radical (unpaired) electrons. The molecule has 23 heavy (non-hydrogen) atoms. The molecule has 6 nitrogen and oxygen atoms in total. The Kier molecular flexibility index (Phi) is 6.75. The second-order valence-electron chi connectivity index (χ2n) is 5.99. The van der Waals surface area contributed by atoms with Crippen molar-refractivity contribution in [2.24, 2.45) is 5.92 Å². The number of hydrogen-bond acceptors (Lipinski definition) is 3. The van der Waals surface area contributed by atoms with Crippen LogP contribution >= 0.6 is 0 Å². The SMILES string of the molecule is Cc1ccc(NC(=O)CCC(=O)NC(C(=O)O)C(C)C)c(C)c1. The first-order valence-corrected chi connectivity index (χ1v) is 7.60. The van der Waals surface area contributed by atoms with E-state index < -0.39 is 17.9 Å². The summed E-state index contributed by atoms with van der Waals surface area (Å²) in [5.41, 5.74) is 2.77. The van der Waals surface area contributed by atoms with Gasteiger partial charge in [-0.2, -0.15) is 0 Å². The number of anilines is 1. The van der Waals surface area contributed by atoms with Crippen LogP contribution in [0.3, 0.4) is 0 Å². The topological polar surface area (TPSA) is 95.5 Å². The van der Waals surface area contributed by atoms with Crippen LogP contribution in [-0.4, -0.2) is 28.9 Å². The van der Waals surface area contributed by atoms with E-state index in [1.807, 2.05) is 32.0 Å².